The van der Waals surface area contributed by atoms with Gasteiger partial charge in [0.2, 0.25) is 0 Å². The van der Waals surface area contributed by atoms with E-state index in [0.717, 1.165) is 6.42 Å². The maximum absolute atomic E-state index is 9.41. The fourth-order valence-electron chi connectivity index (χ4n) is 1.29. The lowest BCUT2D eigenvalue weighted by Crippen LogP contribution is -2.22. The van der Waals surface area contributed by atoms with Crippen LogP contribution in [0.1, 0.15) is 20.3 Å². The van der Waals surface area contributed by atoms with Crippen LogP contribution < -0.4 is 0 Å². The Balaban J connectivity index is 2.42. The van der Waals surface area contributed by atoms with Crippen molar-refractivity contribution in [2.45, 2.75) is 25.9 Å². The first-order valence-electron chi connectivity index (χ1n) is 3.40. The molecule has 0 aromatic rings. The molecule has 1 aliphatic rings. The van der Waals surface area contributed by atoms with E-state index >= 15 is 0 Å². The van der Waals surface area contributed by atoms with E-state index in [1.54, 1.807) is 0 Å². The second-order valence-corrected chi connectivity index (χ2v) is 3.40. The van der Waals surface area contributed by atoms with Gasteiger partial charge in [-0.3, -0.25) is 0 Å². The van der Waals surface area contributed by atoms with Gasteiger partial charge in [0.25, 0.3) is 0 Å². The third kappa shape index (κ3) is 1.33. The fourth-order valence-corrected chi connectivity index (χ4v) is 1.29. The molecule has 1 nitrogen and oxygen atoms in total. The second kappa shape index (κ2) is 1.84. The van der Waals surface area contributed by atoms with Crippen molar-refractivity contribution in [1.29, 1.82) is 0 Å². The number of aliphatic hydroxyl groups is 1. The summed E-state index contributed by atoms with van der Waals surface area (Å²) in [6.45, 7) is 7.40. The van der Waals surface area contributed by atoms with E-state index in [1.807, 2.05) is 19.9 Å². The molecule has 0 saturated heterocycles. The molecule has 52 valence electrons. The molecule has 0 amide bonds. The van der Waals surface area contributed by atoms with Crippen LogP contribution in [-0.2, 0) is 0 Å². The van der Waals surface area contributed by atoms with E-state index in [-0.39, 0.29) is 0 Å². The van der Waals surface area contributed by atoms with Crippen molar-refractivity contribution < 1.29 is 5.11 Å². The summed E-state index contributed by atoms with van der Waals surface area (Å²) in [7, 11) is 0. The zero-order chi connectivity index (χ0) is 7.07. The Kier molecular flexibility index (Phi) is 1.39. The molecule has 1 rings (SSSR count). The monoisotopic (exact) mass is 126 g/mol. The molecule has 2 atom stereocenters. The first-order chi connectivity index (χ1) is 4.05. The summed E-state index contributed by atoms with van der Waals surface area (Å²) < 4.78 is 0. The number of allylic oxidation sites excluding steroid dienone is 1. The Morgan fingerprint density at radius 3 is 2.33 bits per heavy atom. The normalized spacial score (nSPS) is 34.1. The molecule has 0 bridgehead atoms. The Labute approximate surface area is 56.4 Å². The van der Waals surface area contributed by atoms with Crippen molar-refractivity contribution in [3.05, 3.63) is 12.7 Å². The van der Waals surface area contributed by atoms with E-state index in [9.17, 15) is 5.11 Å². The maximum atomic E-state index is 9.41. The summed E-state index contributed by atoms with van der Waals surface area (Å²) >= 11 is 0. The molecule has 0 heterocycles. The van der Waals surface area contributed by atoms with Gasteiger partial charge in [-0.2, -0.15) is 0 Å². The summed E-state index contributed by atoms with van der Waals surface area (Å²) in [6, 6.07) is 0. The predicted octanol–water partition coefficient (Wildman–Crippen LogP) is 1.58. The summed E-state index contributed by atoms with van der Waals surface area (Å²) in [5.74, 6) is 1.04. The Bertz CT molecular complexity index is 121. The third-order valence-electron chi connectivity index (χ3n) is 2.05. The van der Waals surface area contributed by atoms with Crippen LogP contribution in [0.15, 0.2) is 12.7 Å². The van der Waals surface area contributed by atoms with Gasteiger partial charge in [-0.05, 0) is 32.1 Å². The topological polar surface area (TPSA) is 20.2 Å². The lowest BCUT2D eigenvalue weighted by Gasteiger charge is -2.15. The SMILES string of the molecule is C=C[C@H]1C[C@H]1C(C)(C)O. The highest BCUT2D eigenvalue weighted by atomic mass is 16.3. The average Bonchev–Trinajstić information content (AvgIpc) is 2.39. The molecule has 1 aliphatic carbocycles. The van der Waals surface area contributed by atoms with Crippen LogP contribution in [0.3, 0.4) is 0 Å². The molecule has 0 spiro atoms. The van der Waals surface area contributed by atoms with Gasteiger partial charge < -0.3 is 5.11 Å². The number of rotatable bonds is 2. The van der Waals surface area contributed by atoms with Crippen LogP contribution in [0.5, 0.6) is 0 Å². The van der Waals surface area contributed by atoms with E-state index in [4.69, 9.17) is 0 Å². The van der Waals surface area contributed by atoms with Crippen LogP contribution in [-0.4, -0.2) is 10.7 Å². The van der Waals surface area contributed by atoms with E-state index in [2.05, 4.69) is 6.58 Å². The van der Waals surface area contributed by atoms with Crippen LogP contribution >= 0.6 is 0 Å². The van der Waals surface area contributed by atoms with Gasteiger partial charge in [-0.25, -0.2) is 0 Å². The zero-order valence-electron chi connectivity index (χ0n) is 6.09. The molecule has 1 heteroatoms. The molecule has 0 aromatic carbocycles. The maximum Gasteiger partial charge on any atom is 0.0625 e. The molecular weight excluding hydrogens is 112 g/mol. The number of hydrogen-bond acceptors (Lipinski definition) is 1. The minimum Gasteiger partial charge on any atom is -0.390 e. The van der Waals surface area contributed by atoms with Gasteiger partial charge >= 0.3 is 0 Å². The van der Waals surface area contributed by atoms with Gasteiger partial charge in [0.1, 0.15) is 0 Å². The van der Waals surface area contributed by atoms with Gasteiger partial charge in [0.05, 0.1) is 5.60 Å². The highest BCUT2D eigenvalue weighted by Gasteiger charge is 2.44. The molecule has 1 fully saturated rings. The summed E-state index contributed by atoms with van der Waals surface area (Å²) in [5.41, 5.74) is -0.487. The van der Waals surface area contributed by atoms with Crippen molar-refractivity contribution in [3.63, 3.8) is 0 Å². The molecule has 1 N–H and O–H groups in total. The van der Waals surface area contributed by atoms with Crippen molar-refractivity contribution in [3.8, 4) is 0 Å². The highest BCUT2D eigenvalue weighted by Crippen LogP contribution is 2.46. The van der Waals surface area contributed by atoms with Crippen molar-refractivity contribution >= 4 is 0 Å². The summed E-state index contributed by atoms with van der Waals surface area (Å²) in [6.07, 6.45) is 3.05. The van der Waals surface area contributed by atoms with Crippen molar-refractivity contribution in [2.75, 3.05) is 0 Å². The van der Waals surface area contributed by atoms with Crippen LogP contribution in [0.2, 0.25) is 0 Å². The van der Waals surface area contributed by atoms with Crippen molar-refractivity contribution in [2.24, 2.45) is 11.8 Å². The standard InChI is InChI=1S/C8H14O/c1-4-6-5-7(6)8(2,3)9/h4,6-7,9H,1,5H2,2-3H3/t6-,7+/m0/s1. The largest absolute Gasteiger partial charge is 0.390 e. The molecule has 0 aliphatic heterocycles. The van der Waals surface area contributed by atoms with E-state index in [1.165, 1.54) is 0 Å². The van der Waals surface area contributed by atoms with Crippen LogP contribution in [0.4, 0.5) is 0 Å². The lowest BCUT2D eigenvalue weighted by molar-refractivity contribution is 0.0533. The van der Waals surface area contributed by atoms with Gasteiger partial charge in [0, 0.05) is 0 Å². The average molecular weight is 126 g/mol. The third-order valence-corrected chi connectivity index (χ3v) is 2.05. The van der Waals surface area contributed by atoms with Crippen LogP contribution in [0.25, 0.3) is 0 Å². The molecule has 9 heavy (non-hydrogen) atoms. The number of hydrogen-bond donors (Lipinski definition) is 1. The first kappa shape index (κ1) is 6.81. The second-order valence-electron chi connectivity index (χ2n) is 3.40. The minimum absolute atomic E-state index is 0.468. The van der Waals surface area contributed by atoms with E-state index < -0.39 is 5.60 Å². The first-order valence-corrected chi connectivity index (χ1v) is 3.40. The van der Waals surface area contributed by atoms with Crippen LogP contribution in [0, 0.1) is 11.8 Å². The molecular formula is C8H14O. The van der Waals surface area contributed by atoms with Gasteiger partial charge in [0.15, 0.2) is 0 Å². The predicted molar refractivity (Wildman–Crippen MR) is 38.1 cm³/mol. The summed E-state index contributed by atoms with van der Waals surface area (Å²) in [4.78, 5) is 0. The minimum atomic E-state index is -0.487. The zero-order valence-corrected chi connectivity index (χ0v) is 6.09. The Morgan fingerprint density at radius 1 is 1.67 bits per heavy atom. The van der Waals surface area contributed by atoms with Crippen molar-refractivity contribution in [1.82, 2.24) is 0 Å². The molecule has 0 unspecified atom stereocenters. The Morgan fingerprint density at radius 2 is 2.22 bits per heavy atom. The fraction of sp³-hybridized carbons (Fsp3) is 0.750. The summed E-state index contributed by atoms with van der Waals surface area (Å²) in [5, 5.41) is 9.41. The molecule has 0 aromatic heterocycles. The lowest BCUT2D eigenvalue weighted by atomic mass is 10.0. The van der Waals surface area contributed by atoms with E-state index in [0.29, 0.717) is 11.8 Å². The van der Waals surface area contributed by atoms with Gasteiger partial charge in [-0.15, -0.1) is 6.58 Å². The quantitative estimate of drug-likeness (QED) is 0.557. The molecule has 1 saturated carbocycles. The molecule has 0 radical (unpaired) electrons. The Hall–Kier alpha value is -0.300. The smallest absolute Gasteiger partial charge is 0.0625 e. The van der Waals surface area contributed by atoms with Gasteiger partial charge in [-0.1, -0.05) is 6.08 Å². The highest BCUT2D eigenvalue weighted by molar-refractivity contribution is 5.04.